The molecule has 1 aliphatic carbocycles. The number of aliphatic hydroxyl groups excluding tert-OH is 1. The second kappa shape index (κ2) is 6.73. The summed E-state index contributed by atoms with van der Waals surface area (Å²) in [4.78, 5) is 12.1. The monoisotopic (exact) mass is 356 g/mol. The molecule has 1 aromatic carbocycles. The summed E-state index contributed by atoms with van der Waals surface area (Å²) in [7, 11) is 0. The third-order valence-electron chi connectivity index (χ3n) is 6.14. The van der Waals surface area contributed by atoms with E-state index in [1.807, 2.05) is 13.0 Å². The summed E-state index contributed by atoms with van der Waals surface area (Å²) in [6.45, 7) is 4.09. The highest BCUT2D eigenvalue weighted by Gasteiger charge is 2.42. The van der Waals surface area contributed by atoms with Crippen molar-refractivity contribution < 1.29 is 14.3 Å². The number of hydrogen-bond acceptors (Lipinski definition) is 4. The van der Waals surface area contributed by atoms with Gasteiger partial charge < -0.3 is 14.3 Å². The molecule has 140 valence electrons. The minimum Gasteiger partial charge on any atom is -0.486 e. The van der Waals surface area contributed by atoms with E-state index < -0.39 is 6.10 Å². The molecule has 0 amide bonds. The zero-order valence-corrected chi connectivity index (χ0v) is 15.8. The van der Waals surface area contributed by atoms with Crippen molar-refractivity contribution in [3.05, 3.63) is 39.2 Å². The Balaban J connectivity index is 1.86. The van der Waals surface area contributed by atoms with Gasteiger partial charge in [-0.3, -0.25) is 0 Å². The Bertz CT molecular complexity index is 874. The van der Waals surface area contributed by atoms with Gasteiger partial charge in [-0.1, -0.05) is 19.8 Å². The van der Waals surface area contributed by atoms with Crippen LogP contribution >= 0.6 is 0 Å². The molecule has 1 saturated carbocycles. The van der Waals surface area contributed by atoms with Crippen LogP contribution in [0.1, 0.15) is 81.1 Å². The molecule has 2 aromatic rings. The van der Waals surface area contributed by atoms with Gasteiger partial charge in [-0.2, -0.15) is 0 Å². The Morgan fingerprint density at radius 3 is 2.73 bits per heavy atom. The van der Waals surface area contributed by atoms with Crippen molar-refractivity contribution in [3.8, 4) is 5.75 Å². The number of benzene rings is 1. The number of aliphatic hydroxyl groups is 1. The summed E-state index contributed by atoms with van der Waals surface area (Å²) in [6.07, 6.45) is 8.57. The molecule has 0 radical (unpaired) electrons. The van der Waals surface area contributed by atoms with E-state index >= 15 is 0 Å². The molecule has 1 atom stereocenters. The van der Waals surface area contributed by atoms with Crippen molar-refractivity contribution in [1.29, 1.82) is 0 Å². The smallest absolute Gasteiger partial charge is 0.336 e. The van der Waals surface area contributed by atoms with Gasteiger partial charge in [-0.15, -0.1) is 0 Å². The minimum atomic E-state index is -0.522. The maximum absolute atomic E-state index is 12.1. The van der Waals surface area contributed by atoms with Gasteiger partial charge in [0, 0.05) is 29.0 Å². The van der Waals surface area contributed by atoms with Crippen molar-refractivity contribution in [2.75, 3.05) is 0 Å². The molecule has 0 unspecified atom stereocenters. The van der Waals surface area contributed by atoms with Crippen LogP contribution in [-0.2, 0) is 6.42 Å². The summed E-state index contributed by atoms with van der Waals surface area (Å²) < 4.78 is 12.1. The lowest BCUT2D eigenvalue weighted by molar-refractivity contribution is -0.0385. The lowest BCUT2D eigenvalue weighted by atomic mass is 9.77. The number of fused-ring (bicyclic) bond motifs is 2. The second-order valence-electron chi connectivity index (χ2n) is 8.06. The molecule has 1 fully saturated rings. The molecular formula is C22H28O4. The molecule has 0 saturated heterocycles. The number of ether oxygens (including phenoxy) is 1. The maximum Gasteiger partial charge on any atom is 0.336 e. The predicted molar refractivity (Wildman–Crippen MR) is 102 cm³/mol. The van der Waals surface area contributed by atoms with Crippen LogP contribution in [-0.4, -0.2) is 10.7 Å². The fourth-order valence-electron chi connectivity index (χ4n) is 4.71. The van der Waals surface area contributed by atoms with Crippen LogP contribution in [0.25, 0.3) is 11.0 Å². The quantitative estimate of drug-likeness (QED) is 0.790. The van der Waals surface area contributed by atoms with Crippen molar-refractivity contribution in [2.24, 2.45) is 0 Å². The molecule has 26 heavy (non-hydrogen) atoms. The van der Waals surface area contributed by atoms with Crippen LogP contribution in [0.5, 0.6) is 5.75 Å². The highest BCUT2D eigenvalue weighted by Crippen LogP contribution is 2.49. The van der Waals surface area contributed by atoms with Crippen molar-refractivity contribution in [3.63, 3.8) is 0 Å². The first kappa shape index (κ1) is 17.6. The first-order valence-electron chi connectivity index (χ1n) is 10.0. The zero-order chi connectivity index (χ0) is 18.3. The predicted octanol–water partition coefficient (Wildman–Crippen LogP) is 4.96. The van der Waals surface area contributed by atoms with Gasteiger partial charge in [0.15, 0.2) is 0 Å². The van der Waals surface area contributed by atoms with Crippen molar-refractivity contribution >= 4 is 11.0 Å². The summed E-state index contributed by atoms with van der Waals surface area (Å²) in [6, 6.07) is 3.59. The van der Waals surface area contributed by atoms with Crippen molar-refractivity contribution in [1.82, 2.24) is 0 Å². The second-order valence-corrected chi connectivity index (χ2v) is 8.06. The fourth-order valence-corrected chi connectivity index (χ4v) is 4.71. The van der Waals surface area contributed by atoms with Crippen LogP contribution in [0.3, 0.4) is 0 Å². The molecule has 2 aliphatic rings. The minimum absolute atomic E-state index is 0.261. The fraction of sp³-hybridized carbons (Fsp3) is 0.591. The molecule has 4 nitrogen and oxygen atoms in total. The first-order chi connectivity index (χ1) is 12.5. The van der Waals surface area contributed by atoms with Crippen LogP contribution in [0.4, 0.5) is 0 Å². The Hall–Kier alpha value is -1.81. The summed E-state index contributed by atoms with van der Waals surface area (Å²) in [5.74, 6) is 0.731. The molecule has 2 heterocycles. The third-order valence-corrected chi connectivity index (χ3v) is 6.14. The van der Waals surface area contributed by atoms with E-state index in [4.69, 9.17) is 9.15 Å². The van der Waals surface area contributed by atoms with Gasteiger partial charge in [-0.05, 0) is 57.1 Å². The topological polar surface area (TPSA) is 59.7 Å². The van der Waals surface area contributed by atoms with Gasteiger partial charge in [0.05, 0.1) is 6.10 Å². The first-order valence-corrected chi connectivity index (χ1v) is 10.0. The van der Waals surface area contributed by atoms with Gasteiger partial charge in [0.2, 0.25) is 0 Å². The number of hydrogen-bond donors (Lipinski definition) is 1. The van der Waals surface area contributed by atoms with Crippen LogP contribution in [0.15, 0.2) is 21.3 Å². The van der Waals surface area contributed by atoms with Crippen LogP contribution in [0, 0.1) is 6.92 Å². The van der Waals surface area contributed by atoms with Gasteiger partial charge >= 0.3 is 5.63 Å². The van der Waals surface area contributed by atoms with Crippen LogP contribution in [0.2, 0.25) is 0 Å². The average molecular weight is 356 g/mol. The maximum atomic E-state index is 12.1. The van der Waals surface area contributed by atoms with Gasteiger partial charge in [0.1, 0.15) is 16.9 Å². The summed E-state index contributed by atoms with van der Waals surface area (Å²) >= 11 is 0. The van der Waals surface area contributed by atoms with E-state index in [2.05, 4.69) is 6.92 Å². The Kier molecular flexibility index (Phi) is 4.55. The largest absolute Gasteiger partial charge is 0.486 e. The van der Waals surface area contributed by atoms with E-state index in [-0.39, 0.29) is 11.2 Å². The summed E-state index contributed by atoms with van der Waals surface area (Å²) in [5.41, 5.74) is 2.74. The van der Waals surface area contributed by atoms with Crippen molar-refractivity contribution in [2.45, 2.75) is 83.3 Å². The molecule has 0 bridgehead atoms. The number of aryl methyl sites for hydroxylation is 2. The Labute approximate surface area is 154 Å². The van der Waals surface area contributed by atoms with Gasteiger partial charge in [0.25, 0.3) is 0 Å². The highest BCUT2D eigenvalue weighted by atomic mass is 16.5. The SMILES string of the molecule is CCCCc1cc(=O)oc2c(C)c3c(cc12)[C@H](O)CC1(CCCCC1)O3. The Morgan fingerprint density at radius 2 is 2.00 bits per heavy atom. The molecule has 1 aliphatic heterocycles. The molecule has 1 spiro atoms. The Morgan fingerprint density at radius 1 is 1.23 bits per heavy atom. The zero-order valence-electron chi connectivity index (χ0n) is 15.8. The van der Waals surface area contributed by atoms with E-state index in [1.165, 1.54) is 6.42 Å². The normalized spacial score (nSPS) is 21.6. The number of rotatable bonds is 3. The average Bonchev–Trinajstić information content (AvgIpc) is 2.62. The van der Waals surface area contributed by atoms with E-state index in [0.717, 1.165) is 72.8 Å². The molecule has 1 aromatic heterocycles. The molecule has 4 heteroatoms. The molecular weight excluding hydrogens is 328 g/mol. The summed E-state index contributed by atoms with van der Waals surface area (Å²) in [5, 5.41) is 11.9. The third kappa shape index (κ3) is 2.94. The molecule has 4 rings (SSSR count). The molecule has 1 N–H and O–H groups in total. The van der Waals surface area contributed by atoms with E-state index in [0.29, 0.717) is 12.0 Å². The lowest BCUT2D eigenvalue weighted by Crippen LogP contribution is -2.43. The van der Waals surface area contributed by atoms with E-state index in [1.54, 1.807) is 6.07 Å². The number of unbranched alkanes of at least 4 members (excludes halogenated alkanes) is 1. The standard InChI is InChI=1S/C22H28O4/c1-3-4-8-15-11-19(24)25-20-14(2)21-17(12-16(15)20)18(23)13-22(26-21)9-6-5-7-10-22/h11-12,18,23H,3-10,13H2,1-2H3/t18-/m1/s1. The van der Waals surface area contributed by atoms with Crippen LogP contribution < -0.4 is 10.4 Å². The highest BCUT2D eigenvalue weighted by molar-refractivity contribution is 5.86. The van der Waals surface area contributed by atoms with Gasteiger partial charge in [-0.25, -0.2) is 4.79 Å². The van der Waals surface area contributed by atoms with E-state index in [9.17, 15) is 9.90 Å². The lowest BCUT2D eigenvalue weighted by Gasteiger charge is -2.43.